The highest BCUT2D eigenvalue weighted by Crippen LogP contribution is 2.22. The molecule has 0 bridgehead atoms. The normalized spacial score (nSPS) is 9.88. The van der Waals surface area contributed by atoms with Gasteiger partial charge in [0.2, 0.25) is 5.91 Å². The molecule has 0 heterocycles. The van der Waals surface area contributed by atoms with Crippen molar-refractivity contribution in [3.05, 3.63) is 63.6 Å². The molecule has 0 fully saturated rings. The number of carbonyl (C=O) groups is 3. The topological polar surface area (TPSA) is 96.3 Å². The molecule has 0 aromatic heterocycles. The van der Waals surface area contributed by atoms with Crippen LogP contribution in [-0.2, 0) is 9.53 Å². The number of Topliss-reactive ketones (excluding diaryl/α,β-unsaturated/α-hetero) is 1. The molecule has 1 amide bonds. The molecule has 0 saturated carbocycles. The van der Waals surface area contributed by atoms with Crippen LogP contribution >= 0.6 is 23.2 Å². The smallest absolute Gasteiger partial charge is 0.338 e. The fourth-order valence-corrected chi connectivity index (χ4v) is 2.23. The van der Waals surface area contributed by atoms with E-state index in [0.717, 1.165) is 0 Å². The minimum Gasteiger partial charge on any atom is -0.454 e. The molecule has 0 spiro atoms. The van der Waals surface area contributed by atoms with Crippen molar-refractivity contribution in [3.8, 4) is 6.07 Å². The molecule has 0 unspecified atom stereocenters. The standard InChI is InChI=1S/C18H12Cl2N2O4/c19-14-6-3-12(9-15(14)20)16(23)10-26-18(25)11-1-4-13(5-2-11)22-17(24)7-8-21/h1-6,9H,7,10H2,(H,22,24). The molecule has 2 rings (SSSR count). The molecule has 2 aromatic carbocycles. The number of nitrogens with zero attached hydrogens (tertiary/aromatic N) is 1. The Kier molecular flexibility index (Phi) is 6.73. The molecule has 6 nitrogen and oxygen atoms in total. The number of halogens is 2. The number of ketones is 1. The highest BCUT2D eigenvalue weighted by molar-refractivity contribution is 6.42. The van der Waals surface area contributed by atoms with Crippen molar-refractivity contribution < 1.29 is 19.1 Å². The number of esters is 1. The van der Waals surface area contributed by atoms with Gasteiger partial charge in [-0.25, -0.2) is 4.79 Å². The van der Waals surface area contributed by atoms with Crippen LogP contribution in [0, 0.1) is 11.3 Å². The number of amides is 1. The van der Waals surface area contributed by atoms with Gasteiger partial charge in [-0.2, -0.15) is 5.26 Å². The molecule has 8 heteroatoms. The number of ether oxygens (including phenoxy) is 1. The van der Waals surface area contributed by atoms with E-state index in [2.05, 4.69) is 5.32 Å². The van der Waals surface area contributed by atoms with E-state index in [1.807, 2.05) is 0 Å². The fourth-order valence-electron chi connectivity index (χ4n) is 1.93. The molecule has 0 aliphatic heterocycles. The van der Waals surface area contributed by atoms with Gasteiger partial charge in [-0.05, 0) is 42.5 Å². The fraction of sp³-hybridized carbons (Fsp3) is 0.111. The molecular formula is C18H12Cl2N2O4. The summed E-state index contributed by atoms with van der Waals surface area (Å²) >= 11 is 11.6. The van der Waals surface area contributed by atoms with Crippen molar-refractivity contribution in [3.63, 3.8) is 0 Å². The molecular weight excluding hydrogens is 379 g/mol. The zero-order valence-corrected chi connectivity index (χ0v) is 14.8. The maximum atomic E-state index is 12.0. The Hall–Kier alpha value is -2.88. The number of carbonyl (C=O) groups excluding carboxylic acids is 3. The molecule has 1 N–H and O–H groups in total. The van der Waals surface area contributed by atoms with Crippen LogP contribution in [0.5, 0.6) is 0 Å². The summed E-state index contributed by atoms with van der Waals surface area (Å²) in [5.41, 5.74) is 0.932. The number of nitriles is 1. The molecule has 0 radical (unpaired) electrons. The summed E-state index contributed by atoms with van der Waals surface area (Å²) < 4.78 is 4.98. The maximum absolute atomic E-state index is 12.0. The molecule has 26 heavy (non-hydrogen) atoms. The molecule has 0 atom stereocenters. The summed E-state index contributed by atoms with van der Waals surface area (Å²) in [4.78, 5) is 35.3. The minimum atomic E-state index is -0.687. The number of anilines is 1. The number of rotatable bonds is 6. The second kappa shape index (κ2) is 8.99. The number of nitrogens with one attached hydrogen (secondary N) is 1. The van der Waals surface area contributed by atoms with Crippen molar-refractivity contribution in [2.75, 3.05) is 11.9 Å². The van der Waals surface area contributed by atoms with Gasteiger partial charge in [0.25, 0.3) is 0 Å². The molecule has 0 saturated heterocycles. The Labute approximate surface area is 159 Å². The van der Waals surface area contributed by atoms with E-state index in [4.69, 9.17) is 33.2 Å². The van der Waals surface area contributed by atoms with E-state index in [1.165, 1.54) is 42.5 Å². The quantitative estimate of drug-likeness (QED) is 0.596. The third-order valence-corrected chi connectivity index (χ3v) is 3.96. The van der Waals surface area contributed by atoms with Crippen LogP contribution in [0.2, 0.25) is 10.0 Å². The molecule has 0 aliphatic carbocycles. The van der Waals surface area contributed by atoms with Crippen LogP contribution in [0.4, 0.5) is 5.69 Å². The molecule has 0 aliphatic rings. The van der Waals surface area contributed by atoms with Gasteiger partial charge in [0.05, 0.1) is 21.7 Å². The minimum absolute atomic E-state index is 0.213. The lowest BCUT2D eigenvalue weighted by Gasteiger charge is -2.07. The van der Waals surface area contributed by atoms with E-state index in [1.54, 1.807) is 6.07 Å². The molecule has 132 valence electrons. The van der Waals surface area contributed by atoms with Gasteiger partial charge in [0.1, 0.15) is 6.42 Å². The van der Waals surface area contributed by atoms with Crippen molar-refractivity contribution >= 4 is 46.5 Å². The number of hydrogen-bond acceptors (Lipinski definition) is 5. The van der Waals surface area contributed by atoms with Crippen molar-refractivity contribution in [1.82, 2.24) is 0 Å². The van der Waals surface area contributed by atoms with Gasteiger partial charge in [-0.3, -0.25) is 9.59 Å². The Morgan fingerprint density at radius 2 is 1.65 bits per heavy atom. The SMILES string of the molecule is N#CCC(=O)Nc1ccc(C(=O)OCC(=O)c2ccc(Cl)c(Cl)c2)cc1. The van der Waals surface area contributed by atoms with E-state index in [0.29, 0.717) is 10.7 Å². The van der Waals surface area contributed by atoms with Crippen molar-refractivity contribution in [2.24, 2.45) is 0 Å². The van der Waals surface area contributed by atoms with Crippen molar-refractivity contribution in [1.29, 1.82) is 5.26 Å². The number of benzene rings is 2. The Morgan fingerprint density at radius 3 is 2.27 bits per heavy atom. The highest BCUT2D eigenvalue weighted by atomic mass is 35.5. The lowest BCUT2D eigenvalue weighted by molar-refractivity contribution is -0.115. The van der Waals surface area contributed by atoms with E-state index < -0.39 is 24.3 Å². The monoisotopic (exact) mass is 390 g/mol. The van der Waals surface area contributed by atoms with Gasteiger partial charge in [0.15, 0.2) is 12.4 Å². The maximum Gasteiger partial charge on any atom is 0.338 e. The average molecular weight is 391 g/mol. The third kappa shape index (κ3) is 5.31. The summed E-state index contributed by atoms with van der Waals surface area (Å²) in [6, 6.07) is 12.0. The van der Waals surface area contributed by atoms with E-state index in [9.17, 15) is 14.4 Å². The van der Waals surface area contributed by atoms with Gasteiger partial charge < -0.3 is 10.1 Å². The number of hydrogen-bond donors (Lipinski definition) is 1. The second-order valence-corrected chi connectivity index (χ2v) is 5.90. The Bertz CT molecular complexity index is 889. The van der Waals surface area contributed by atoms with Gasteiger partial charge >= 0.3 is 5.97 Å². The first-order chi connectivity index (χ1) is 12.4. The van der Waals surface area contributed by atoms with Crippen LogP contribution in [0.15, 0.2) is 42.5 Å². The van der Waals surface area contributed by atoms with Crippen LogP contribution in [-0.4, -0.2) is 24.3 Å². The summed E-state index contributed by atoms with van der Waals surface area (Å²) in [7, 11) is 0. The second-order valence-electron chi connectivity index (χ2n) is 5.09. The lowest BCUT2D eigenvalue weighted by atomic mass is 10.1. The summed E-state index contributed by atoms with van der Waals surface area (Å²) in [5.74, 6) is -1.55. The van der Waals surface area contributed by atoms with Gasteiger partial charge in [0, 0.05) is 11.3 Å². The first-order valence-corrected chi connectivity index (χ1v) is 8.08. The Morgan fingerprint density at radius 1 is 1.00 bits per heavy atom. The van der Waals surface area contributed by atoms with Gasteiger partial charge in [-0.1, -0.05) is 23.2 Å². The molecule has 2 aromatic rings. The Balaban J connectivity index is 1.93. The predicted octanol–water partition coefficient (Wildman–Crippen LogP) is 3.89. The van der Waals surface area contributed by atoms with Crippen LogP contribution in [0.25, 0.3) is 0 Å². The highest BCUT2D eigenvalue weighted by Gasteiger charge is 2.13. The average Bonchev–Trinajstić information content (AvgIpc) is 2.62. The zero-order valence-electron chi connectivity index (χ0n) is 13.3. The van der Waals surface area contributed by atoms with Crippen molar-refractivity contribution in [2.45, 2.75) is 6.42 Å². The van der Waals surface area contributed by atoms with Gasteiger partial charge in [-0.15, -0.1) is 0 Å². The van der Waals surface area contributed by atoms with E-state index >= 15 is 0 Å². The first kappa shape index (κ1) is 19.4. The van der Waals surface area contributed by atoms with Crippen LogP contribution < -0.4 is 5.32 Å². The summed E-state index contributed by atoms with van der Waals surface area (Å²) in [5, 5.41) is 11.5. The third-order valence-electron chi connectivity index (χ3n) is 3.22. The first-order valence-electron chi connectivity index (χ1n) is 7.33. The van der Waals surface area contributed by atoms with Crippen LogP contribution in [0.1, 0.15) is 27.1 Å². The lowest BCUT2D eigenvalue weighted by Crippen LogP contribution is -2.14. The zero-order chi connectivity index (χ0) is 19.1. The van der Waals surface area contributed by atoms with E-state index in [-0.39, 0.29) is 22.6 Å². The largest absolute Gasteiger partial charge is 0.454 e. The predicted molar refractivity (Wildman–Crippen MR) is 96.4 cm³/mol. The van der Waals surface area contributed by atoms with Crippen LogP contribution in [0.3, 0.4) is 0 Å². The summed E-state index contributed by atoms with van der Waals surface area (Å²) in [6.07, 6.45) is -0.263. The summed E-state index contributed by atoms with van der Waals surface area (Å²) in [6.45, 7) is -0.447.